The van der Waals surface area contributed by atoms with E-state index < -0.39 is 0 Å². The van der Waals surface area contributed by atoms with E-state index in [-0.39, 0.29) is 6.10 Å². The van der Waals surface area contributed by atoms with Gasteiger partial charge in [-0.1, -0.05) is 0 Å². The minimum absolute atomic E-state index is 0.202. The molecule has 1 aliphatic heterocycles. The Labute approximate surface area is 119 Å². The summed E-state index contributed by atoms with van der Waals surface area (Å²) in [6.45, 7) is 6.13. The van der Waals surface area contributed by atoms with Gasteiger partial charge >= 0.3 is 0 Å². The van der Waals surface area contributed by atoms with Gasteiger partial charge in [0.15, 0.2) is 0 Å². The Morgan fingerprint density at radius 2 is 2.00 bits per heavy atom. The number of aromatic nitrogens is 2. The molecule has 1 aromatic carbocycles. The second-order valence-electron chi connectivity index (χ2n) is 5.71. The van der Waals surface area contributed by atoms with Gasteiger partial charge in [-0.05, 0) is 45.2 Å². The first-order chi connectivity index (χ1) is 9.63. The summed E-state index contributed by atoms with van der Waals surface area (Å²) in [5.41, 5.74) is 4.83. The maximum Gasteiger partial charge on any atom is 0.119 e. The van der Waals surface area contributed by atoms with Crippen molar-refractivity contribution in [2.45, 2.75) is 32.9 Å². The van der Waals surface area contributed by atoms with Gasteiger partial charge in [-0.2, -0.15) is 5.10 Å². The molecule has 0 saturated carbocycles. The monoisotopic (exact) mass is 271 g/mol. The average Bonchev–Trinajstić information content (AvgIpc) is 2.82. The van der Waals surface area contributed by atoms with Crippen LogP contribution in [0.1, 0.15) is 25.1 Å². The molecular formula is C16H21N3O. The van der Waals surface area contributed by atoms with Gasteiger partial charge in [0.25, 0.3) is 0 Å². The van der Waals surface area contributed by atoms with Crippen LogP contribution in [0.25, 0.3) is 11.3 Å². The Bertz CT molecular complexity index is 586. The largest absolute Gasteiger partial charge is 0.491 e. The highest BCUT2D eigenvalue weighted by molar-refractivity contribution is 5.65. The minimum Gasteiger partial charge on any atom is -0.491 e. The molecular weight excluding hydrogens is 250 g/mol. The number of hydrogen-bond acceptors (Lipinski definition) is 3. The highest BCUT2D eigenvalue weighted by atomic mass is 16.5. The van der Waals surface area contributed by atoms with Crippen LogP contribution in [0, 0.1) is 0 Å². The highest BCUT2D eigenvalue weighted by Gasteiger charge is 2.20. The molecule has 4 nitrogen and oxygen atoms in total. The zero-order chi connectivity index (χ0) is 14.1. The second kappa shape index (κ2) is 5.29. The Kier molecular flexibility index (Phi) is 3.49. The molecule has 2 aromatic rings. The zero-order valence-corrected chi connectivity index (χ0v) is 12.3. The number of benzene rings is 1. The third-order valence-corrected chi connectivity index (χ3v) is 3.62. The number of rotatable bonds is 3. The molecule has 0 unspecified atom stereocenters. The van der Waals surface area contributed by atoms with Crippen LogP contribution in [0.2, 0.25) is 0 Å². The lowest BCUT2D eigenvalue weighted by molar-refractivity contribution is 0.242. The highest BCUT2D eigenvalue weighted by Crippen LogP contribution is 2.29. The molecule has 20 heavy (non-hydrogen) atoms. The number of ether oxygens (including phenoxy) is 1. The maximum absolute atomic E-state index is 5.68. The van der Waals surface area contributed by atoms with Crippen molar-refractivity contribution in [3.8, 4) is 17.0 Å². The summed E-state index contributed by atoms with van der Waals surface area (Å²) in [5, 5.41) is 7.68. The van der Waals surface area contributed by atoms with Crippen LogP contribution < -0.4 is 4.74 Å². The number of nitrogens with zero attached hydrogens (tertiary/aromatic N) is 2. The van der Waals surface area contributed by atoms with E-state index in [0.717, 1.165) is 36.5 Å². The summed E-state index contributed by atoms with van der Waals surface area (Å²) in [6, 6.07) is 8.21. The van der Waals surface area contributed by atoms with Crippen molar-refractivity contribution in [1.29, 1.82) is 0 Å². The molecule has 1 N–H and O–H groups in total. The van der Waals surface area contributed by atoms with Gasteiger partial charge in [0.05, 0.1) is 11.8 Å². The Morgan fingerprint density at radius 3 is 2.70 bits per heavy atom. The molecule has 0 saturated heterocycles. The van der Waals surface area contributed by atoms with Gasteiger partial charge < -0.3 is 9.64 Å². The Hall–Kier alpha value is -1.81. The standard InChI is InChI=1S/C16H21N3O/c1-11(2)20-13-6-4-12(5-7-13)16-14-10-19(3)9-8-15(14)17-18-16/h4-7,11H,8-10H2,1-3H3,(H,17,18). The minimum atomic E-state index is 0.202. The van der Waals surface area contributed by atoms with Crippen LogP contribution in [0.4, 0.5) is 0 Å². The summed E-state index contributed by atoms with van der Waals surface area (Å²) >= 11 is 0. The molecule has 0 atom stereocenters. The van der Waals surface area contributed by atoms with Gasteiger partial charge in [-0.3, -0.25) is 5.10 Å². The van der Waals surface area contributed by atoms with Gasteiger partial charge in [0.1, 0.15) is 5.75 Å². The van der Waals surface area contributed by atoms with Crippen LogP contribution in [0.5, 0.6) is 5.75 Å². The zero-order valence-electron chi connectivity index (χ0n) is 12.3. The molecule has 3 rings (SSSR count). The first-order valence-corrected chi connectivity index (χ1v) is 7.15. The number of H-pyrrole nitrogens is 1. The second-order valence-corrected chi connectivity index (χ2v) is 5.71. The van der Waals surface area contributed by atoms with Crippen LogP contribution in [0.3, 0.4) is 0 Å². The average molecular weight is 271 g/mol. The number of nitrogens with one attached hydrogen (secondary N) is 1. The van der Waals surface area contributed by atoms with E-state index in [4.69, 9.17) is 4.74 Å². The van der Waals surface area contributed by atoms with Crippen LogP contribution in [-0.2, 0) is 13.0 Å². The Balaban J connectivity index is 1.88. The molecule has 0 bridgehead atoms. The molecule has 1 aliphatic rings. The van der Waals surface area contributed by atoms with Crippen LogP contribution >= 0.6 is 0 Å². The summed E-state index contributed by atoms with van der Waals surface area (Å²) < 4.78 is 5.68. The van der Waals surface area contributed by atoms with E-state index in [0.29, 0.717) is 0 Å². The molecule has 4 heteroatoms. The Morgan fingerprint density at radius 1 is 1.25 bits per heavy atom. The quantitative estimate of drug-likeness (QED) is 0.933. The SMILES string of the molecule is CC(C)Oc1ccc(-c2n[nH]c3c2CN(C)CC3)cc1. The first-order valence-electron chi connectivity index (χ1n) is 7.15. The topological polar surface area (TPSA) is 41.1 Å². The number of hydrogen-bond donors (Lipinski definition) is 1. The summed E-state index contributed by atoms with van der Waals surface area (Å²) in [6.07, 6.45) is 1.25. The van der Waals surface area contributed by atoms with Gasteiger partial charge in [0.2, 0.25) is 0 Å². The third-order valence-electron chi connectivity index (χ3n) is 3.62. The molecule has 106 valence electrons. The molecule has 1 aromatic heterocycles. The maximum atomic E-state index is 5.68. The van der Waals surface area contributed by atoms with E-state index in [2.05, 4.69) is 34.3 Å². The first kappa shape index (κ1) is 13.2. The van der Waals surface area contributed by atoms with Crippen molar-refractivity contribution < 1.29 is 4.74 Å². The van der Waals surface area contributed by atoms with Crippen molar-refractivity contribution in [1.82, 2.24) is 15.1 Å². The molecule has 0 radical (unpaired) electrons. The third kappa shape index (κ3) is 2.56. The fourth-order valence-electron chi connectivity index (χ4n) is 2.63. The van der Waals surface area contributed by atoms with E-state index in [1.54, 1.807) is 0 Å². The van der Waals surface area contributed by atoms with E-state index >= 15 is 0 Å². The van der Waals surface area contributed by atoms with Gasteiger partial charge in [0, 0.05) is 36.3 Å². The summed E-state index contributed by atoms with van der Waals surface area (Å²) in [7, 11) is 2.15. The molecule has 2 heterocycles. The van der Waals surface area contributed by atoms with Crippen molar-refractivity contribution in [3.63, 3.8) is 0 Å². The number of aromatic amines is 1. The number of likely N-dealkylation sites (N-methyl/N-ethyl adjacent to an activating group) is 1. The lowest BCUT2D eigenvalue weighted by atomic mass is 10.0. The normalized spacial score (nSPS) is 15.4. The van der Waals surface area contributed by atoms with E-state index in [1.165, 1.54) is 11.3 Å². The predicted octanol–water partition coefficient (Wildman–Crippen LogP) is 2.85. The molecule has 0 amide bonds. The lowest BCUT2D eigenvalue weighted by Gasteiger charge is -2.22. The fraction of sp³-hybridized carbons (Fsp3) is 0.438. The van der Waals surface area contributed by atoms with E-state index in [1.807, 2.05) is 26.0 Å². The van der Waals surface area contributed by atoms with Crippen molar-refractivity contribution in [2.24, 2.45) is 0 Å². The smallest absolute Gasteiger partial charge is 0.119 e. The van der Waals surface area contributed by atoms with Crippen LogP contribution in [0.15, 0.2) is 24.3 Å². The van der Waals surface area contributed by atoms with Crippen molar-refractivity contribution in [2.75, 3.05) is 13.6 Å². The molecule has 0 fully saturated rings. The fourth-order valence-corrected chi connectivity index (χ4v) is 2.63. The molecule has 0 spiro atoms. The predicted molar refractivity (Wildman–Crippen MR) is 79.8 cm³/mol. The van der Waals surface area contributed by atoms with Crippen molar-refractivity contribution in [3.05, 3.63) is 35.5 Å². The van der Waals surface area contributed by atoms with Crippen molar-refractivity contribution >= 4 is 0 Å². The lowest BCUT2D eigenvalue weighted by Crippen LogP contribution is -2.26. The van der Waals surface area contributed by atoms with Gasteiger partial charge in [-0.25, -0.2) is 0 Å². The summed E-state index contributed by atoms with van der Waals surface area (Å²) in [5.74, 6) is 0.908. The number of fused-ring (bicyclic) bond motifs is 1. The molecule has 0 aliphatic carbocycles. The van der Waals surface area contributed by atoms with Crippen LogP contribution in [-0.4, -0.2) is 34.8 Å². The van der Waals surface area contributed by atoms with E-state index in [9.17, 15) is 0 Å². The summed E-state index contributed by atoms with van der Waals surface area (Å²) in [4.78, 5) is 2.33. The van der Waals surface area contributed by atoms with Gasteiger partial charge in [-0.15, -0.1) is 0 Å².